The number of rotatable bonds is 5. The fraction of sp³-hybridized carbons (Fsp3) is 0.227. The highest BCUT2D eigenvalue weighted by Gasteiger charge is 2.14. The molecule has 0 spiro atoms. The van der Waals surface area contributed by atoms with Gasteiger partial charge in [-0.25, -0.2) is 19.3 Å². The molecule has 8 heteroatoms. The summed E-state index contributed by atoms with van der Waals surface area (Å²) < 4.78 is 13.7. The van der Waals surface area contributed by atoms with Gasteiger partial charge in [0, 0.05) is 37.9 Å². The van der Waals surface area contributed by atoms with Gasteiger partial charge in [-0.3, -0.25) is 0 Å². The van der Waals surface area contributed by atoms with Gasteiger partial charge in [-0.1, -0.05) is 18.2 Å². The third-order valence-electron chi connectivity index (χ3n) is 5.28. The van der Waals surface area contributed by atoms with Gasteiger partial charge in [0.25, 0.3) is 0 Å². The number of nitrogens with one attached hydrogen (secondary N) is 3. The normalized spacial score (nSPS) is 14.2. The summed E-state index contributed by atoms with van der Waals surface area (Å²) in [5.74, 6) is 1.41. The number of piperazine rings is 1. The largest absolute Gasteiger partial charge is 0.364 e. The number of nitrogens with zero attached hydrogens (tertiary/aromatic N) is 4. The van der Waals surface area contributed by atoms with Crippen LogP contribution in [0.5, 0.6) is 0 Å². The Morgan fingerprint density at radius 1 is 1.07 bits per heavy atom. The van der Waals surface area contributed by atoms with E-state index in [0.717, 1.165) is 54.2 Å². The van der Waals surface area contributed by atoms with Crippen LogP contribution >= 0.6 is 0 Å². The smallest absolute Gasteiger partial charge is 0.143 e. The minimum atomic E-state index is -0.276. The molecule has 1 aliphatic heterocycles. The van der Waals surface area contributed by atoms with Gasteiger partial charge in [-0.15, -0.1) is 0 Å². The zero-order chi connectivity index (χ0) is 20.3. The summed E-state index contributed by atoms with van der Waals surface area (Å²) >= 11 is 0. The summed E-state index contributed by atoms with van der Waals surface area (Å²) in [7, 11) is 0. The van der Waals surface area contributed by atoms with Crippen LogP contribution in [0.2, 0.25) is 0 Å². The molecule has 4 heterocycles. The van der Waals surface area contributed by atoms with Crippen molar-refractivity contribution in [2.24, 2.45) is 0 Å². The zero-order valence-corrected chi connectivity index (χ0v) is 16.4. The number of H-pyrrole nitrogens is 1. The Labute approximate surface area is 173 Å². The van der Waals surface area contributed by atoms with E-state index < -0.39 is 0 Å². The number of aromatic amines is 1. The first-order chi connectivity index (χ1) is 14.8. The molecule has 0 saturated carbocycles. The van der Waals surface area contributed by atoms with E-state index in [4.69, 9.17) is 4.98 Å². The van der Waals surface area contributed by atoms with Crippen molar-refractivity contribution in [1.82, 2.24) is 25.3 Å². The van der Waals surface area contributed by atoms with Crippen LogP contribution in [0.3, 0.4) is 0 Å². The monoisotopic (exact) mass is 403 g/mol. The van der Waals surface area contributed by atoms with Crippen LogP contribution in [0, 0.1) is 5.82 Å². The Balaban J connectivity index is 1.42. The first kappa shape index (κ1) is 18.5. The van der Waals surface area contributed by atoms with Crippen LogP contribution in [0.15, 0.2) is 55.0 Å². The van der Waals surface area contributed by atoms with E-state index in [2.05, 4.69) is 30.5 Å². The molecule has 1 aromatic carbocycles. The van der Waals surface area contributed by atoms with E-state index in [1.54, 1.807) is 6.07 Å². The summed E-state index contributed by atoms with van der Waals surface area (Å²) in [4.78, 5) is 19.0. The minimum absolute atomic E-state index is 0.276. The van der Waals surface area contributed by atoms with E-state index in [1.807, 2.05) is 30.5 Å². The molecule has 7 nitrogen and oxygen atoms in total. The average molecular weight is 403 g/mol. The van der Waals surface area contributed by atoms with Gasteiger partial charge in [0.15, 0.2) is 0 Å². The number of fused-ring (bicyclic) bond motifs is 1. The van der Waals surface area contributed by atoms with E-state index in [-0.39, 0.29) is 5.82 Å². The third-order valence-corrected chi connectivity index (χ3v) is 5.28. The van der Waals surface area contributed by atoms with Crippen LogP contribution in [-0.4, -0.2) is 46.1 Å². The average Bonchev–Trinajstić information content (AvgIpc) is 3.23. The van der Waals surface area contributed by atoms with Crippen LogP contribution in [0.4, 0.5) is 16.0 Å². The molecule has 0 bridgehead atoms. The van der Waals surface area contributed by atoms with E-state index in [0.29, 0.717) is 18.0 Å². The quantitative estimate of drug-likeness (QED) is 0.475. The topological polar surface area (TPSA) is 81.8 Å². The van der Waals surface area contributed by atoms with Crippen molar-refractivity contribution in [3.8, 4) is 11.1 Å². The molecule has 3 aromatic heterocycles. The number of aromatic nitrogens is 4. The first-order valence-electron chi connectivity index (χ1n) is 10.0. The molecule has 152 valence electrons. The molecule has 1 saturated heterocycles. The van der Waals surface area contributed by atoms with Gasteiger partial charge in [0.2, 0.25) is 0 Å². The summed E-state index contributed by atoms with van der Waals surface area (Å²) in [5.41, 5.74) is 3.27. The van der Waals surface area contributed by atoms with Crippen LogP contribution in [0.1, 0.15) is 5.69 Å². The van der Waals surface area contributed by atoms with Gasteiger partial charge in [0.1, 0.15) is 29.4 Å². The third kappa shape index (κ3) is 3.69. The van der Waals surface area contributed by atoms with Crippen molar-refractivity contribution < 1.29 is 4.39 Å². The van der Waals surface area contributed by atoms with Gasteiger partial charge < -0.3 is 20.5 Å². The van der Waals surface area contributed by atoms with Crippen molar-refractivity contribution in [3.05, 3.63) is 66.5 Å². The number of anilines is 2. The molecule has 1 fully saturated rings. The molecule has 0 radical (unpaired) electrons. The number of hydrogen-bond acceptors (Lipinski definition) is 6. The van der Waals surface area contributed by atoms with Crippen molar-refractivity contribution >= 4 is 22.7 Å². The Hall–Kier alpha value is -3.52. The Bertz CT molecular complexity index is 1170. The van der Waals surface area contributed by atoms with E-state index in [1.165, 1.54) is 18.5 Å². The van der Waals surface area contributed by atoms with E-state index in [9.17, 15) is 4.39 Å². The van der Waals surface area contributed by atoms with E-state index >= 15 is 0 Å². The molecule has 0 amide bonds. The lowest BCUT2D eigenvalue weighted by molar-refractivity contribution is 0.584. The van der Waals surface area contributed by atoms with Crippen molar-refractivity contribution in [2.45, 2.75) is 6.54 Å². The number of halogens is 1. The highest BCUT2D eigenvalue weighted by molar-refractivity contribution is 6.00. The minimum Gasteiger partial charge on any atom is -0.364 e. The van der Waals surface area contributed by atoms with Gasteiger partial charge in [-0.05, 0) is 29.8 Å². The SMILES string of the molecule is Fc1cccc(-c2c[nH]c3ncnc(NCc4cccc(N5CCNCC5)n4)c23)c1. The fourth-order valence-electron chi connectivity index (χ4n) is 3.79. The number of benzene rings is 1. The maximum Gasteiger partial charge on any atom is 0.143 e. The number of hydrogen-bond donors (Lipinski definition) is 3. The standard InChI is InChI=1S/C22H22FN7/c23-16-4-1-3-15(11-16)18-13-26-22-20(18)21(27-14-28-22)25-12-17-5-2-6-19(29-17)30-9-7-24-8-10-30/h1-6,11,13-14,24H,7-10,12H2,(H2,25,26,27,28). The highest BCUT2D eigenvalue weighted by atomic mass is 19.1. The summed E-state index contributed by atoms with van der Waals surface area (Å²) in [5, 5.41) is 7.58. The second kappa shape index (κ2) is 8.08. The number of pyridine rings is 1. The molecule has 0 atom stereocenters. The Morgan fingerprint density at radius 2 is 1.93 bits per heavy atom. The maximum atomic E-state index is 13.7. The summed E-state index contributed by atoms with van der Waals surface area (Å²) in [6.07, 6.45) is 3.35. The summed E-state index contributed by atoms with van der Waals surface area (Å²) in [6, 6.07) is 12.6. The lowest BCUT2D eigenvalue weighted by Gasteiger charge is -2.28. The molecular weight excluding hydrogens is 381 g/mol. The van der Waals surface area contributed by atoms with Crippen LogP contribution in [-0.2, 0) is 6.54 Å². The zero-order valence-electron chi connectivity index (χ0n) is 16.4. The van der Waals surface area contributed by atoms with Gasteiger partial charge in [0.05, 0.1) is 17.6 Å². The summed E-state index contributed by atoms with van der Waals surface area (Å²) in [6.45, 7) is 4.38. The van der Waals surface area contributed by atoms with Crippen molar-refractivity contribution in [1.29, 1.82) is 0 Å². The molecule has 0 unspecified atom stereocenters. The predicted molar refractivity (Wildman–Crippen MR) is 116 cm³/mol. The highest BCUT2D eigenvalue weighted by Crippen LogP contribution is 2.32. The molecule has 1 aliphatic rings. The van der Waals surface area contributed by atoms with Gasteiger partial charge >= 0.3 is 0 Å². The fourth-order valence-corrected chi connectivity index (χ4v) is 3.79. The molecular formula is C22H22FN7. The lowest BCUT2D eigenvalue weighted by atomic mass is 10.1. The predicted octanol–water partition coefficient (Wildman–Crippen LogP) is 3.18. The maximum absolute atomic E-state index is 13.7. The first-order valence-corrected chi connectivity index (χ1v) is 10.0. The molecule has 0 aliphatic carbocycles. The molecule has 5 rings (SSSR count). The van der Waals surface area contributed by atoms with Crippen molar-refractivity contribution in [2.75, 3.05) is 36.4 Å². The van der Waals surface area contributed by atoms with Crippen molar-refractivity contribution in [3.63, 3.8) is 0 Å². The second-order valence-corrected chi connectivity index (χ2v) is 7.24. The Morgan fingerprint density at radius 3 is 2.80 bits per heavy atom. The molecule has 3 N–H and O–H groups in total. The van der Waals surface area contributed by atoms with Gasteiger partial charge in [-0.2, -0.15) is 0 Å². The molecule has 4 aromatic rings. The molecule has 30 heavy (non-hydrogen) atoms. The Kier molecular flexibility index (Phi) is 4.98. The second-order valence-electron chi connectivity index (χ2n) is 7.24. The van der Waals surface area contributed by atoms with Crippen LogP contribution < -0.4 is 15.5 Å². The lowest BCUT2D eigenvalue weighted by Crippen LogP contribution is -2.43. The van der Waals surface area contributed by atoms with Crippen LogP contribution in [0.25, 0.3) is 22.2 Å².